The van der Waals surface area contributed by atoms with Crippen LogP contribution in [-0.4, -0.2) is 17.9 Å². The number of fused-ring (bicyclic) bond motifs is 2. The second-order valence-corrected chi connectivity index (χ2v) is 17.6. The third-order valence-corrected chi connectivity index (χ3v) is 14.4. The summed E-state index contributed by atoms with van der Waals surface area (Å²) in [6, 6.07) is 17.8. The quantitative estimate of drug-likeness (QED) is 0.272. The van der Waals surface area contributed by atoms with Crippen molar-refractivity contribution in [3.63, 3.8) is 0 Å². The lowest BCUT2D eigenvalue weighted by molar-refractivity contribution is 0.0698. The average molecular weight is 726 g/mol. The Balaban J connectivity index is 1.11. The van der Waals surface area contributed by atoms with Crippen LogP contribution in [0.15, 0.2) is 161 Å². The molecule has 0 saturated heterocycles. The molecule has 1 fully saturated rings. The molecule has 0 spiro atoms. The van der Waals surface area contributed by atoms with Gasteiger partial charge in [-0.05, 0) is 117 Å². The number of benzene rings is 2. The zero-order valence-corrected chi connectivity index (χ0v) is 33.2. The van der Waals surface area contributed by atoms with Crippen LogP contribution >= 0.6 is 0 Å². The molecule has 0 radical (unpaired) electrons. The van der Waals surface area contributed by atoms with E-state index in [1.54, 1.807) is 5.57 Å². The minimum Gasteiger partial charge on any atom is -0.485 e. The summed E-state index contributed by atoms with van der Waals surface area (Å²) in [7, 11) is 0. The lowest BCUT2D eigenvalue weighted by Crippen LogP contribution is -2.53. The average Bonchev–Trinajstić information content (AvgIpc) is 3.36. The number of ether oxygens (including phenoxy) is 1. The summed E-state index contributed by atoms with van der Waals surface area (Å²) in [6.07, 6.45) is 38.7. The second-order valence-electron chi connectivity index (χ2n) is 17.6. The SMILES string of the molecule is C=C1C(c2ccccc2C)=NC(C2=CCCC=C2)C(=C)CC1C1=CC(C2C=C(C3(C4CCCCC4)c4ccccc4OC4C=CC=CC43)CCC2)=CCC1C. The Morgan fingerprint density at radius 1 is 0.855 bits per heavy atom. The Morgan fingerprint density at radius 2 is 1.67 bits per heavy atom. The number of aliphatic imine (C=N–C) groups is 1. The van der Waals surface area contributed by atoms with Crippen LogP contribution in [0.1, 0.15) is 101 Å². The van der Waals surface area contributed by atoms with Crippen LogP contribution in [0.4, 0.5) is 0 Å². The fraction of sp³-hybridized carbons (Fsp3) is 0.415. The molecule has 1 saturated carbocycles. The topological polar surface area (TPSA) is 21.6 Å². The van der Waals surface area contributed by atoms with Gasteiger partial charge in [0.25, 0.3) is 0 Å². The first-order valence-corrected chi connectivity index (χ1v) is 21.5. The molecule has 5 aliphatic carbocycles. The summed E-state index contributed by atoms with van der Waals surface area (Å²) < 4.78 is 6.81. The van der Waals surface area contributed by atoms with E-state index in [0.29, 0.717) is 23.7 Å². The van der Waals surface area contributed by atoms with Crippen molar-refractivity contribution in [1.29, 1.82) is 0 Å². The van der Waals surface area contributed by atoms with Gasteiger partial charge in [-0.15, -0.1) is 0 Å². The third kappa shape index (κ3) is 6.48. The van der Waals surface area contributed by atoms with Gasteiger partial charge < -0.3 is 4.74 Å². The second kappa shape index (κ2) is 15.2. The lowest BCUT2D eigenvalue weighted by Gasteiger charge is -2.55. The van der Waals surface area contributed by atoms with E-state index >= 15 is 0 Å². The van der Waals surface area contributed by atoms with Crippen LogP contribution in [0.25, 0.3) is 0 Å². The summed E-state index contributed by atoms with van der Waals surface area (Å²) >= 11 is 0. The zero-order valence-electron chi connectivity index (χ0n) is 33.2. The van der Waals surface area contributed by atoms with Crippen molar-refractivity contribution in [2.45, 2.75) is 108 Å². The molecule has 2 aliphatic heterocycles. The molecule has 282 valence electrons. The van der Waals surface area contributed by atoms with Crippen molar-refractivity contribution in [2.24, 2.45) is 34.6 Å². The Kier molecular flexibility index (Phi) is 10.0. The molecular formula is C53H59NO. The summed E-state index contributed by atoms with van der Waals surface area (Å²) in [4.78, 5) is 5.56. The van der Waals surface area contributed by atoms with Gasteiger partial charge in [0.05, 0.1) is 11.8 Å². The highest BCUT2D eigenvalue weighted by atomic mass is 16.5. The standard InChI is InChI=1S/C53H59NO/c1-35-18-11-12-25-44(35)52-38(4)46(32-37(3)51(54-52)39-19-7-5-8-20-39)45-34-41(31-30-36(45)2)40-21-17-24-43(33-40)53(42-22-9-6-10-23-42)47-26-13-15-28-49(47)55-50-29-16-14-27-48(50)53/h7,11-16,18-20,25-29,31,33-34,36,40,42,46-47,49,51H,3-6,8-10,17,21-24,30,32H2,1-2H3. The number of hydrogen-bond donors (Lipinski definition) is 0. The molecule has 55 heavy (non-hydrogen) atoms. The van der Waals surface area contributed by atoms with Crippen molar-refractivity contribution < 1.29 is 4.74 Å². The molecular weight excluding hydrogens is 667 g/mol. The molecule has 2 aromatic carbocycles. The summed E-state index contributed by atoms with van der Waals surface area (Å²) in [5.41, 5.74) is 13.2. The summed E-state index contributed by atoms with van der Waals surface area (Å²) in [5.74, 6) is 3.04. The Morgan fingerprint density at radius 3 is 2.51 bits per heavy atom. The highest BCUT2D eigenvalue weighted by molar-refractivity contribution is 6.14. The van der Waals surface area contributed by atoms with Crippen LogP contribution in [0.5, 0.6) is 5.75 Å². The van der Waals surface area contributed by atoms with Gasteiger partial charge in [0, 0.05) is 34.3 Å². The Hall–Kier alpha value is -4.43. The Labute approximate surface area is 330 Å². The van der Waals surface area contributed by atoms with Crippen LogP contribution in [0.3, 0.4) is 0 Å². The van der Waals surface area contributed by atoms with Gasteiger partial charge in [0.2, 0.25) is 0 Å². The van der Waals surface area contributed by atoms with E-state index in [1.165, 1.54) is 90.3 Å². The molecule has 9 rings (SSSR count). The van der Waals surface area contributed by atoms with Crippen molar-refractivity contribution in [3.8, 4) is 5.75 Å². The monoisotopic (exact) mass is 725 g/mol. The first-order chi connectivity index (χ1) is 26.9. The predicted octanol–water partition coefficient (Wildman–Crippen LogP) is 13.2. The minimum absolute atomic E-state index is 0.0432. The van der Waals surface area contributed by atoms with E-state index < -0.39 is 0 Å². The van der Waals surface area contributed by atoms with Crippen LogP contribution < -0.4 is 4.74 Å². The van der Waals surface area contributed by atoms with Crippen molar-refractivity contribution in [3.05, 3.63) is 173 Å². The van der Waals surface area contributed by atoms with Gasteiger partial charge in [0.15, 0.2) is 0 Å². The summed E-state index contributed by atoms with van der Waals surface area (Å²) in [5, 5.41) is 0. The van der Waals surface area contributed by atoms with Gasteiger partial charge in [-0.3, -0.25) is 4.99 Å². The lowest BCUT2D eigenvalue weighted by atomic mass is 9.51. The maximum Gasteiger partial charge on any atom is 0.125 e. The first kappa shape index (κ1) is 36.2. The highest BCUT2D eigenvalue weighted by Gasteiger charge is 2.55. The molecule has 0 aromatic heterocycles. The van der Waals surface area contributed by atoms with Gasteiger partial charge in [-0.2, -0.15) is 0 Å². The van der Waals surface area contributed by atoms with E-state index in [2.05, 4.69) is 123 Å². The molecule has 2 heteroatoms. The molecule has 0 amide bonds. The zero-order chi connectivity index (χ0) is 37.5. The van der Waals surface area contributed by atoms with E-state index in [4.69, 9.17) is 22.9 Å². The van der Waals surface area contributed by atoms with E-state index in [1.807, 2.05) is 0 Å². The van der Waals surface area contributed by atoms with Gasteiger partial charge >= 0.3 is 0 Å². The fourth-order valence-electron chi connectivity index (χ4n) is 11.6. The smallest absolute Gasteiger partial charge is 0.125 e. The number of nitrogens with zero attached hydrogens (tertiary/aromatic N) is 1. The van der Waals surface area contributed by atoms with Crippen LogP contribution in [0, 0.1) is 36.5 Å². The highest BCUT2D eigenvalue weighted by Crippen LogP contribution is 2.60. The van der Waals surface area contributed by atoms with E-state index in [0.717, 1.165) is 42.7 Å². The number of rotatable bonds is 6. The molecule has 7 aliphatic rings. The van der Waals surface area contributed by atoms with Gasteiger partial charge in [-0.1, -0.05) is 148 Å². The van der Waals surface area contributed by atoms with Crippen molar-refractivity contribution in [1.82, 2.24) is 0 Å². The minimum atomic E-state index is -0.0444. The van der Waals surface area contributed by atoms with Crippen LogP contribution in [-0.2, 0) is 5.41 Å². The molecule has 2 heterocycles. The largest absolute Gasteiger partial charge is 0.485 e. The van der Waals surface area contributed by atoms with E-state index in [9.17, 15) is 0 Å². The van der Waals surface area contributed by atoms with Crippen LogP contribution in [0.2, 0.25) is 0 Å². The molecule has 7 atom stereocenters. The predicted molar refractivity (Wildman–Crippen MR) is 231 cm³/mol. The van der Waals surface area contributed by atoms with Gasteiger partial charge in [0.1, 0.15) is 11.9 Å². The molecule has 2 nitrogen and oxygen atoms in total. The molecule has 2 aromatic rings. The maximum atomic E-state index is 6.81. The maximum absolute atomic E-state index is 6.81. The number of para-hydroxylation sites is 1. The Bertz CT molecular complexity index is 2100. The molecule has 0 N–H and O–H groups in total. The molecule has 0 bridgehead atoms. The molecule has 7 unspecified atom stereocenters. The number of allylic oxidation sites excluding steroid dienone is 11. The third-order valence-electron chi connectivity index (χ3n) is 14.4. The summed E-state index contributed by atoms with van der Waals surface area (Å²) in [6.45, 7) is 14.3. The number of hydrogen-bond acceptors (Lipinski definition) is 2. The number of aryl methyl sites for hydroxylation is 1. The normalized spacial score (nSPS) is 32.2. The van der Waals surface area contributed by atoms with Crippen molar-refractivity contribution >= 4 is 5.71 Å². The van der Waals surface area contributed by atoms with Crippen molar-refractivity contribution in [2.75, 3.05) is 0 Å². The van der Waals surface area contributed by atoms with E-state index in [-0.39, 0.29) is 23.5 Å². The first-order valence-electron chi connectivity index (χ1n) is 21.5. The fourth-order valence-corrected chi connectivity index (χ4v) is 11.6. The van der Waals surface area contributed by atoms with Gasteiger partial charge in [-0.25, -0.2) is 0 Å².